The van der Waals surface area contributed by atoms with Crippen molar-refractivity contribution >= 4 is 11.7 Å². The second-order valence-corrected chi connectivity index (χ2v) is 4.18. The van der Waals surface area contributed by atoms with Crippen molar-refractivity contribution in [1.82, 2.24) is 5.06 Å². The molecule has 0 saturated heterocycles. The summed E-state index contributed by atoms with van der Waals surface area (Å²) in [6, 6.07) is 7.50. The smallest absolute Gasteiger partial charge is 0.245 e. The van der Waals surface area contributed by atoms with E-state index in [1.54, 1.807) is 14.0 Å². The fraction of sp³-hybridized carbons (Fsp3) is 0.429. The molecule has 1 aromatic rings. The van der Waals surface area contributed by atoms with E-state index >= 15 is 0 Å². The molecule has 0 N–H and O–H groups in total. The molecule has 1 amide bonds. The first kappa shape index (κ1) is 14.4. The highest BCUT2D eigenvalue weighted by atomic mass is 16.7. The van der Waals surface area contributed by atoms with Crippen LogP contribution in [0.25, 0.3) is 0 Å². The minimum Gasteiger partial charge on any atom is -0.295 e. The molecular weight excluding hydrogens is 230 g/mol. The van der Waals surface area contributed by atoms with Crippen LogP contribution < -0.4 is 0 Å². The number of benzene rings is 1. The maximum atomic E-state index is 11.5. The van der Waals surface area contributed by atoms with Crippen LogP contribution in [0.1, 0.15) is 35.7 Å². The molecular formula is C14H19NO3. The number of ketones is 1. The summed E-state index contributed by atoms with van der Waals surface area (Å²) in [6.45, 7) is 1.55. The Kier molecular flexibility index (Phi) is 5.52. The third-order valence-electron chi connectivity index (χ3n) is 2.84. The van der Waals surface area contributed by atoms with Crippen molar-refractivity contribution in [3.8, 4) is 0 Å². The molecule has 0 heterocycles. The molecule has 4 nitrogen and oxygen atoms in total. The van der Waals surface area contributed by atoms with E-state index in [1.807, 2.05) is 24.3 Å². The van der Waals surface area contributed by atoms with Crippen LogP contribution in [0, 0.1) is 0 Å². The number of hydrogen-bond acceptors (Lipinski definition) is 3. The molecule has 0 unspecified atom stereocenters. The van der Waals surface area contributed by atoms with Crippen molar-refractivity contribution in [3.63, 3.8) is 0 Å². The molecule has 1 aromatic carbocycles. The Morgan fingerprint density at radius 1 is 1.22 bits per heavy atom. The summed E-state index contributed by atoms with van der Waals surface area (Å²) in [5, 5.41) is 1.23. The van der Waals surface area contributed by atoms with Gasteiger partial charge in [0.15, 0.2) is 5.78 Å². The molecule has 4 heteroatoms. The van der Waals surface area contributed by atoms with Crippen LogP contribution in [0.15, 0.2) is 24.3 Å². The average Bonchev–Trinajstić information content (AvgIpc) is 2.38. The summed E-state index contributed by atoms with van der Waals surface area (Å²) < 4.78 is 0. The molecule has 0 spiro atoms. The molecule has 0 aromatic heterocycles. The molecule has 0 atom stereocenters. The zero-order chi connectivity index (χ0) is 13.5. The van der Waals surface area contributed by atoms with Crippen molar-refractivity contribution in [2.45, 2.75) is 26.2 Å². The molecule has 98 valence electrons. The number of Topliss-reactive ketones (excluding diaryl/α,β-unsaturated/α-hetero) is 1. The summed E-state index contributed by atoms with van der Waals surface area (Å²) in [5.41, 5.74) is 1.85. The van der Waals surface area contributed by atoms with Gasteiger partial charge in [0.1, 0.15) is 0 Å². The molecule has 18 heavy (non-hydrogen) atoms. The van der Waals surface area contributed by atoms with Gasteiger partial charge in [-0.05, 0) is 25.3 Å². The van der Waals surface area contributed by atoms with Crippen LogP contribution in [0.5, 0.6) is 0 Å². The van der Waals surface area contributed by atoms with E-state index in [9.17, 15) is 9.59 Å². The number of rotatable bonds is 6. The zero-order valence-corrected chi connectivity index (χ0v) is 11.1. The number of aryl methyl sites for hydroxylation is 1. The van der Waals surface area contributed by atoms with E-state index in [0.717, 1.165) is 18.4 Å². The number of hydrogen-bond donors (Lipinski definition) is 0. The SMILES string of the molecule is CON(C)C(=O)CCCc1ccc(C(C)=O)cc1. The Morgan fingerprint density at radius 2 is 1.83 bits per heavy atom. The van der Waals surface area contributed by atoms with Gasteiger partial charge in [-0.25, -0.2) is 5.06 Å². The maximum Gasteiger partial charge on any atom is 0.245 e. The predicted molar refractivity (Wildman–Crippen MR) is 69.2 cm³/mol. The quantitative estimate of drug-likeness (QED) is 0.573. The Bertz CT molecular complexity index is 412. The minimum atomic E-state index is -0.0298. The summed E-state index contributed by atoms with van der Waals surface area (Å²) in [7, 11) is 3.07. The van der Waals surface area contributed by atoms with Crippen molar-refractivity contribution in [2.75, 3.05) is 14.2 Å². The van der Waals surface area contributed by atoms with Gasteiger partial charge in [-0.15, -0.1) is 0 Å². The Hall–Kier alpha value is -1.68. The normalized spacial score (nSPS) is 10.2. The summed E-state index contributed by atoms with van der Waals surface area (Å²) in [4.78, 5) is 27.4. The lowest BCUT2D eigenvalue weighted by molar-refractivity contribution is -0.168. The maximum absolute atomic E-state index is 11.5. The molecule has 0 aliphatic carbocycles. The molecule has 0 saturated carbocycles. The second-order valence-electron chi connectivity index (χ2n) is 4.18. The molecule has 0 aliphatic rings. The van der Waals surface area contributed by atoms with E-state index in [1.165, 1.54) is 12.2 Å². The number of amides is 1. The largest absolute Gasteiger partial charge is 0.295 e. The molecule has 1 rings (SSSR count). The number of nitrogens with zero attached hydrogens (tertiary/aromatic N) is 1. The Labute approximate surface area is 108 Å². The van der Waals surface area contributed by atoms with Crippen LogP contribution in [0.4, 0.5) is 0 Å². The second kappa shape index (κ2) is 6.91. The van der Waals surface area contributed by atoms with Gasteiger partial charge in [-0.2, -0.15) is 0 Å². The summed E-state index contributed by atoms with van der Waals surface area (Å²) >= 11 is 0. The van der Waals surface area contributed by atoms with Crippen LogP contribution >= 0.6 is 0 Å². The van der Waals surface area contributed by atoms with Gasteiger partial charge in [-0.3, -0.25) is 14.4 Å². The fourth-order valence-electron chi connectivity index (χ4n) is 1.61. The third kappa shape index (κ3) is 4.30. The highest BCUT2D eigenvalue weighted by Gasteiger charge is 2.07. The number of hydroxylamine groups is 2. The van der Waals surface area contributed by atoms with Gasteiger partial charge in [0.25, 0.3) is 0 Å². The highest BCUT2D eigenvalue weighted by Crippen LogP contribution is 2.09. The first-order valence-electron chi connectivity index (χ1n) is 5.95. The predicted octanol–water partition coefficient (Wildman–Crippen LogP) is 2.23. The van der Waals surface area contributed by atoms with Crippen LogP contribution in [-0.2, 0) is 16.1 Å². The van der Waals surface area contributed by atoms with E-state index in [-0.39, 0.29) is 11.7 Å². The summed E-state index contributed by atoms with van der Waals surface area (Å²) in [5.74, 6) is 0.0382. The average molecular weight is 249 g/mol. The molecule has 0 aliphatic heterocycles. The van der Waals surface area contributed by atoms with E-state index in [0.29, 0.717) is 12.0 Å². The Balaban J connectivity index is 2.40. The lowest BCUT2D eigenvalue weighted by atomic mass is 10.0. The fourth-order valence-corrected chi connectivity index (χ4v) is 1.61. The van der Waals surface area contributed by atoms with Crippen LogP contribution in [0.2, 0.25) is 0 Å². The first-order chi connectivity index (χ1) is 8.54. The minimum absolute atomic E-state index is 0.0298. The van der Waals surface area contributed by atoms with Gasteiger partial charge < -0.3 is 0 Å². The lowest BCUT2D eigenvalue weighted by Gasteiger charge is -2.13. The highest BCUT2D eigenvalue weighted by molar-refractivity contribution is 5.94. The standard InChI is InChI=1S/C14H19NO3/c1-11(16)13-9-7-12(8-10-13)5-4-6-14(17)15(2)18-3/h7-10H,4-6H2,1-3H3. The van der Waals surface area contributed by atoms with Crippen molar-refractivity contribution in [3.05, 3.63) is 35.4 Å². The van der Waals surface area contributed by atoms with E-state index in [2.05, 4.69) is 0 Å². The van der Waals surface area contributed by atoms with Gasteiger partial charge in [0.2, 0.25) is 5.91 Å². The Morgan fingerprint density at radius 3 is 2.33 bits per heavy atom. The van der Waals surface area contributed by atoms with Gasteiger partial charge in [-0.1, -0.05) is 24.3 Å². The number of carbonyl (C=O) groups excluding carboxylic acids is 2. The monoisotopic (exact) mass is 249 g/mol. The molecule has 0 fully saturated rings. The third-order valence-corrected chi connectivity index (χ3v) is 2.84. The number of carbonyl (C=O) groups is 2. The van der Waals surface area contributed by atoms with Crippen molar-refractivity contribution in [2.24, 2.45) is 0 Å². The van der Waals surface area contributed by atoms with E-state index < -0.39 is 0 Å². The van der Waals surface area contributed by atoms with Crippen LogP contribution in [-0.4, -0.2) is 30.9 Å². The van der Waals surface area contributed by atoms with Crippen molar-refractivity contribution < 1.29 is 14.4 Å². The van der Waals surface area contributed by atoms with Crippen molar-refractivity contribution in [1.29, 1.82) is 0 Å². The first-order valence-corrected chi connectivity index (χ1v) is 5.95. The van der Waals surface area contributed by atoms with Gasteiger partial charge >= 0.3 is 0 Å². The molecule has 0 radical (unpaired) electrons. The van der Waals surface area contributed by atoms with Crippen LogP contribution in [0.3, 0.4) is 0 Å². The lowest BCUT2D eigenvalue weighted by Crippen LogP contribution is -2.25. The summed E-state index contributed by atoms with van der Waals surface area (Å²) in [6.07, 6.45) is 2.05. The van der Waals surface area contributed by atoms with Gasteiger partial charge in [0.05, 0.1) is 7.11 Å². The van der Waals surface area contributed by atoms with Gasteiger partial charge in [0, 0.05) is 19.0 Å². The van der Waals surface area contributed by atoms with E-state index in [4.69, 9.17) is 4.84 Å². The zero-order valence-electron chi connectivity index (χ0n) is 11.1. The molecule has 0 bridgehead atoms. The topological polar surface area (TPSA) is 46.6 Å².